The Labute approximate surface area is 137 Å². The Balaban J connectivity index is 2.09. The summed E-state index contributed by atoms with van der Waals surface area (Å²) in [6.45, 7) is 4.16. The maximum Gasteiger partial charge on any atom is 0.231 e. The van der Waals surface area contributed by atoms with Crippen LogP contribution in [0.2, 0.25) is 10.0 Å². The van der Waals surface area contributed by atoms with Crippen molar-refractivity contribution in [3.63, 3.8) is 0 Å². The van der Waals surface area contributed by atoms with Crippen LogP contribution in [-0.2, 0) is 0 Å². The lowest BCUT2D eigenvalue weighted by Crippen LogP contribution is -2.00. The molecule has 0 aliphatic carbocycles. The average Bonchev–Trinajstić information content (AvgIpc) is 2.87. The van der Waals surface area contributed by atoms with Gasteiger partial charge in [-0.3, -0.25) is 0 Å². The van der Waals surface area contributed by atoms with Gasteiger partial charge in [0.25, 0.3) is 0 Å². The summed E-state index contributed by atoms with van der Waals surface area (Å²) in [7, 11) is 0. The number of hydrogen-bond donors (Lipinski definition) is 1. The SMILES string of the molecule is CC(C)n1ccc2c(Oc3c(Cl)cc(N)cc3Cl)ncnc21. The molecule has 0 saturated carbocycles. The summed E-state index contributed by atoms with van der Waals surface area (Å²) in [6, 6.07) is 5.36. The van der Waals surface area contributed by atoms with E-state index < -0.39 is 0 Å². The second-order valence-electron chi connectivity index (χ2n) is 5.15. The largest absolute Gasteiger partial charge is 0.435 e. The van der Waals surface area contributed by atoms with E-state index in [9.17, 15) is 0 Å². The zero-order chi connectivity index (χ0) is 15.9. The van der Waals surface area contributed by atoms with Crippen LogP contribution >= 0.6 is 23.2 Å². The predicted octanol–water partition coefficient (Wildman–Crippen LogP) is 4.69. The number of halogens is 2. The lowest BCUT2D eigenvalue weighted by Gasteiger charge is -2.11. The molecule has 0 radical (unpaired) electrons. The Morgan fingerprint density at radius 2 is 1.86 bits per heavy atom. The molecule has 2 N–H and O–H groups in total. The monoisotopic (exact) mass is 336 g/mol. The van der Waals surface area contributed by atoms with Crippen molar-refractivity contribution in [2.45, 2.75) is 19.9 Å². The highest BCUT2D eigenvalue weighted by atomic mass is 35.5. The molecule has 0 saturated heterocycles. The van der Waals surface area contributed by atoms with Crippen LogP contribution in [0.5, 0.6) is 11.6 Å². The van der Waals surface area contributed by atoms with E-state index in [0.717, 1.165) is 11.0 Å². The van der Waals surface area contributed by atoms with Gasteiger partial charge in [-0.25, -0.2) is 9.97 Å². The molecular weight excluding hydrogens is 323 g/mol. The summed E-state index contributed by atoms with van der Waals surface area (Å²) in [5.74, 6) is 0.729. The number of nitrogen functional groups attached to an aromatic ring is 1. The van der Waals surface area contributed by atoms with Crippen LogP contribution in [0.15, 0.2) is 30.7 Å². The van der Waals surface area contributed by atoms with Gasteiger partial charge in [-0.15, -0.1) is 0 Å². The van der Waals surface area contributed by atoms with Crippen LogP contribution in [0.25, 0.3) is 11.0 Å². The minimum absolute atomic E-state index is 0.281. The number of fused-ring (bicyclic) bond motifs is 1. The van der Waals surface area contributed by atoms with Crippen molar-refractivity contribution in [2.24, 2.45) is 0 Å². The summed E-state index contributed by atoms with van der Waals surface area (Å²) in [5, 5.41) is 1.46. The normalized spacial score (nSPS) is 11.3. The third-order valence-corrected chi connectivity index (χ3v) is 3.81. The van der Waals surface area contributed by atoms with Crippen LogP contribution in [0.4, 0.5) is 5.69 Å². The van der Waals surface area contributed by atoms with Crippen molar-refractivity contribution in [3.8, 4) is 11.6 Å². The number of nitrogens with zero attached hydrogens (tertiary/aromatic N) is 3. The summed E-state index contributed by atoms with van der Waals surface area (Å²) in [5.41, 5.74) is 6.96. The standard InChI is InChI=1S/C15H14Cl2N4O/c1-8(2)21-4-3-10-14(21)19-7-20-15(10)22-13-11(16)5-9(18)6-12(13)17/h3-8H,18H2,1-2H3. The number of anilines is 1. The van der Waals surface area contributed by atoms with E-state index in [1.165, 1.54) is 6.33 Å². The maximum atomic E-state index is 6.15. The maximum absolute atomic E-state index is 6.15. The van der Waals surface area contributed by atoms with Gasteiger partial charge in [0, 0.05) is 17.9 Å². The van der Waals surface area contributed by atoms with Crippen molar-refractivity contribution in [1.29, 1.82) is 0 Å². The molecule has 5 nitrogen and oxygen atoms in total. The number of rotatable bonds is 3. The molecule has 3 aromatic rings. The van der Waals surface area contributed by atoms with E-state index in [4.69, 9.17) is 33.7 Å². The van der Waals surface area contributed by atoms with Gasteiger partial charge in [-0.1, -0.05) is 23.2 Å². The van der Waals surface area contributed by atoms with Crippen LogP contribution in [0.1, 0.15) is 19.9 Å². The van der Waals surface area contributed by atoms with E-state index in [1.54, 1.807) is 12.1 Å². The number of ether oxygens (including phenoxy) is 1. The van der Waals surface area contributed by atoms with Crippen molar-refractivity contribution >= 4 is 39.9 Å². The molecule has 0 atom stereocenters. The van der Waals surface area contributed by atoms with Gasteiger partial charge in [-0.05, 0) is 32.0 Å². The first-order chi connectivity index (χ1) is 10.5. The Kier molecular flexibility index (Phi) is 3.85. The minimum atomic E-state index is 0.281. The molecule has 0 aliphatic rings. The van der Waals surface area contributed by atoms with E-state index in [1.807, 2.05) is 16.8 Å². The molecule has 114 valence electrons. The molecule has 7 heteroatoms. The minimum Gasteiger partial charge on any atom is -0.435 e. The lowest BCUT2D eigenvalue weighted by atomic mass is 10.3. The second-order valence-corrected chi connectivity index (χ2v) is 5.96. The first kappa shape index (κ1) is 14.9. The molecule has 0 unspecified atom stereocenters. The molecule has 0 spiro atoms. The Hall–Kier alpha value is -1.98. The van der Waals surface area contributed by atoms with Gasteiger partial charge in [0.05, 0.1) is 15.4 Å². The molecule has 0 fully saturated rings. The van der Waals surface area contributed by atoms with Crippen molar-refractivity contribution in [2.75, 3.05) is 5.73 Å². The van der Waals surface area contributed by atoms with Crippen LogP contribution < -0.4 is 10.5 Å². The lowest BCUT2D eigenvalue weighted by molar-refractivity contribution is 0.468. The third kappa shape index (κ3) is 2.58. The molecule has 2 aromatic heterocycles. The Bertz CT molecular complexity index is 822. The number of aromatic nitrogens is 3. The summed E-state index contributed by atoms with van der Waals surface area (Å²) in [6.07, 6.45) is 3.40. The first-order valence-corrected chi connectivity index (χ1v) is 7.47. The Morgan fingerprint density at radius 3 is 2.50 bits per heavy atom. The number of nitrogens with two attached hydrogens (primary N) is 1. The molecule has 2 heterocycles. The fraction of sp³-hybridized carbons (Fsp3) is 0.200. The zero-order valence-electron chi connectivity index (χ0n) is 12.0. The van der Waals surface area contributed by atoms with Gasteiger partial charge in [0.1, 0.15) is 12.0 Å². The van der Waals surface area contributed by atoms with Gasteiger partial charge in [0.2, 0.25) is 5.88 Å². The fourth-order valence-corrected chi connectivity index (χ4v) is 2.80. The van der Waals surface area contributed by atoms with Gasteiger partial charge in [0.15, 0.2) is 5.75 Å². The second kappa shape index (κ2) is 5.66. The third-order valence-electron chi connectivity index (χ3n) is 3.25. The summed E-state index contributed by atoms with van der Waals surface area (Å²) >= 11 is 12.3. The van der Waals surface area contributed by atoms with E-state index in [2.05, 4.69) is 23.8 Å². The van der Waals surface area contributed by atoms with Crippen molar-refractivity contribution in [1.82, 2.24) is 14.5 Å². The van der Waals surface area contributed by atoms with Gasteiger partial charge in [-0.2, -0.15) is 0 Å². The van der Waals surface area contributed by atoms with Gasteiger partial charge < -0.3 is 15.0 Å². The molecule has 3 rings (SSSR count). The van der Waals surface area contributed by atoms with Gasteiger partial charge >= 0.3 is 0 Å². The molecule has 0 aliphatic heterocycles. The summed E-state index contributed by atoms with van der Waals surface area (Å²) < 4.78 is 7.86. The van der Waals surface area contributed by atoms with Crippen LogP contribution in [-0.4, -0.2) is 14.5 Å². The fourth-order valence-electron chi connectivity index (χ4n) is 2.22. The average molecular weight is 337 g/mol. The first-order valence-electron chi connectivity index (χ1n) is 6.71. The molecule has 22 heavy (non-hydrogen) atoms. The number of benzene rings is 1. The van der Waals surface area contributed by atoms with Crippen LogP contribution in [0, 0.1) is 0 Å². The highest BCUT2D eigenvalue weighted by Crippen LogP contribution is 2.39. The quantitative estimate of drug-likeness (QED) is 0.704. The highest BCUT2D eigenvalue weighted by molar-refractivity contribution is 6.37. The smallest absolute Gasteiger partial charge is 0.231 e. The van der Waals surface area contributed by atoms with E-state index in [0.29, 0.717) is 27.4 Å². The molecule has 0 amide bonds. The van der Waals surface area contributed by atoms with E-state index in [-0.39, 0.29) is 6.04 Å². The molecule has 1 aromatic carbocycles. The summed E-state index contributed by atoms with van der Waals surface area (Å²) in [4.78, 5) is 8.49. The Morgan fingerprint density at radius 1 is 1.18 bits per heavy atom. The van der Waals surface area contributed by atoms with E-state index >= 15 is 0 Å². The zero-order valence-corrected chi connectivity index (χ0v) is 13.6. The topological polar surface area (TPSA) is 66.0 Å². The van der Waals surface area contributed by atoms with Crippen molar-refractivity contribution in [3.05, 3.63) is 40.8 Å². The molecule has 0 bridgehead atoms. The molecular formula is C15H14Cl2N4O. The highest BCUT2D eigenvalue weighted by Gasteiger charge is 2.15. The predicted molar refractivity (Wildman–Crippen MR) is 88.9 cm³/mol. The van der Waals surface area contributed by atoms with Crippen molar-refractivity contribution < 1.29 is 4.74 Å². The van der Waals surface area contributed by atoms with Crippen LogP contribution in [0.3, 0.4) is 0 Å². The number of hydrogen-bond acceptors (Lipinski definition) is 4.